The Balaban J connectivity index is 0.00000456. The molecule has 0 spiro atoms. The van der Waals surface area contributed by atoms with Crippen molar-refractivity contribution in [3.05, 3.63) is 69.8 Å². The molecule has 1 heterocycles. The van der Waals surface area contributed by atoms with Gasteiger partial charge in [-0.2, -0.15) is 0 Å². The zero-order valence-electron chi connectivity index (χ0n) is 21.3. The highest BCUT2D eigenvalue weighted by atomic mass is 35.5. The fraction of sp³-hybridized carbons (Fsp3) is 0.500. The summed E-state index contributed by atoms with van der Waals surface area (Å²) in [5, 5.41) is 14.0. The number of carbonyl (C=O) groups excluding carboxylic acids is 1. The van der Waals surface area contributed by atoms with E-state index in [-0.39, 0.29) is 45.3 Å². The van der Waals surface area contributed by atoms with Crippen LogP contribution in [0.4, 0.5) is 5.69 Å². The normalized spacial score (nSPS) is 16.1. The Morgan fingerprint density at radius 3 is 2.11 bits per heavy atom. The van der Waals surface area contributed by atoms with E-state index >= 15 is 0 Å². The van der Waals surface area contributed by atoms with Gasteiger partial charge >= 0.3 is 0 Å². The summed E-state index contributed by atoms with van der Waals surface area (Å²) in [6.07, 6.45) is 4.13. The first kappa shape index (κ1) is 29.7. The highest BCUT2D eigenvalue weighted by Gasteiger charge is 2.30. The number of nitro groups is 1. The lowest BCUT2D eigenvalue weighted by atomic mass is 9.85. The van der Waals surface area contributed by atoms with Gasteiger partial charge in [0.05, 0.1) is 9.82 Å². The van der Waals surface area contributed by atoms with Crippen molar-refractivity contribution in [2.24, 2.45) is 11.3 Å². The van der Waals surface area contributed by atoms with E-state index in [0.717, 1.165) is 50.7 Å². The maximum atomic E-state index is 12.9. The number of halogens is 1. The number of carbonyl (C=O) groups is 1. The third-order valence-corrected chi connectivity index (χ3v) is 7.84. The van der Waals surface area contributed by atoms with Gasteiger partial charge in [0, 0.05) is 36.5 Å². The maximum Gasteiger partial charge on any atom is 0.269 e. The van der Waals surface area contributed by atoms with E-state index in [1.54, 1.807) is 24.3 Å². The molecule has 1 fully saturated rings. The van der Waals surface area contributed by atoms with Gasteiger partial charge in [0.1, 0.15) is 0 Å². The summed E-state index contributed by atoms with van der Waals surface area (Å²) >= 11 is 0. The molecule has 1 aliphatic rings. The van der Waals surface area contributed by atoms with E-state index in [9.17, 15) is 23.3 Å². The van der Waals surface area contributed by atoms with Crippen LogP contribution in [0.5, 0.6) is 0 Å². The molecule has 0 saturated carbocycles. The molecule has 10 heteroatoms. The number of sulfone groups is 1. The number of hydrogen-bond donors (Lipinski definition) is 1. The third kappa shape index (κ3) is 8.28. The summed E-state index contributed by atoms with van der Waals surface area (Å²) in [7, 11) is -3.31. The summed E-state index contributed by atoms with van der Waals surface area (Å²) in [5.74, 6) is 0.321. The fourth-order valence-electron chi connectivity index (χ4n) is 4.35. The molecular formula is C26H36ClN3O5S. The minimum Gasteiger partial charge on any atom is -0.347 e. The molecule has 0 radical (unpaired) electrons. The molecule has 0 bridgehead atoms. The molecule has 36 heavy (non-hydrogen) atoms. The third-order valence-electron chi connectivity index (χ3n) is 6.71. The summed E-state index contributed by atoms with van der Waals surface area (Å²) < 4.78 is 23.4. The highest BCUT2D eigenvalue weighted by Crippen LogP contribution is 2.26. The van der Waals surface area contributed by atoms with Crippen LogP contribution in [0.3, 0.4) is 0 Å². The van der Waals surface area contributed by atoms with Gasteiger partial charge < -0.3 is 10.2 Å². The lowest BCUT2D eigenvalue weighted by Crippen LogP contribution is -2.52. The smallest absolute Gasteiger partial charge is 0.269 e. The topological polar surface area (TPSA) is 110 Å². The Morgan fingerprint density at radius 1 is 1.08 bits per heavy atom. The molecule has 1 N–H and O–H groups in total. The SMILES string of the molecule is CC(C)(C)C(CN1CCC(Cc2ccc([N+](=O)[O-])cc2)CC1)NC(=O)c1ccc(S(C)(=O)=O)cc1.Cl. The molecular weight excluding hydrogens is 502 g/mol. The van der Waals surface area contributed by atoms with E-state index in [1.165, 1.54) is 12.1 Å². The van der Waals surface area contributed by atoms with Crippen LogP contribution in [0.25, 0.3) is 0 Å². The van der Waals surface area contributed by atoms with Crippen LogP contribution >= 0.6 is 12.4 Å². The van der Waals surface area contributed by atoms with E-state index in [0.29, 0.717) is 11.5 Å². The minimum absolute atomic E-state index is 0. The average Bonchev–Trinajstić information content (AvgIpc) is 2.79. The number of nitrogens with zero attached hydrogens (tertiary/aromatic N) is 2. The van der Waals surface area contributed by atoms with Crippen molar-refractivity contribution < 1.29 is 18.1 Å². The van der Waals surface area contributed by atoms with E-state index < -0.39 is 9.84 Å². The Labute approximate surface area is 219 Å². The van der Waals surface area contributed by atoms with E-state index in [2.05, 4.69) is 31.0 Å². The second-order valence-corrected chi connectivity index (χ2v) is 12.6. The summed E-state index contributed by atoms with van der Waals surface area (Å²) in [6.45, 7) is 8.91. The van der Waals surface area contributed by atoms with Gasteiger partial charge in [0.25, 0.3) is 11.6 Å². The van der Waals surface area contributed by atoms with Gasteiger partial charge in [0.15, 0.2) is 9.84 Å². The lowest BCUT2D eigenvalue weighted by molar-refractivity contribution is -0.384. The predicted octanol–water partition coefficient (Wildman–Crippen LogP) is 4.52. The first-order valence-electron chi connectivity index (χ1n) is 11.9. The Bertz CT molecular complexity index is 1140. The number of amides is 1. The summed E-state index contributed by atoms with van der Waals surface area (Å²) in [6, 6.07) is 12.8. The van der Waals surface area contributed by atoms with Crippen molar-refractivity contribution in [3.8, 4) is 0 Å². The number of likely N-dealkylation sites (tertiary alicyclic amines) is 1. The molecule has 0 aromatic heterocycles. The van der Waals surface area contributed by atoms with Gasteiger partial charge in [0.2, 0.25) is 0 Å². The number of hydrogen-bond acceptors (Lipinski definition) is 6. The van der Waals surface area contributed by atoms with Gasteiger partial charge in [-0.1, -0.05) is 32.9 Å². The van der Waals surface area contributed by atoms with Crippen LogP contribution in [-0.2, 0) is 16.3 Å². The molecule has 1 aliphatic heterocycles. The molecule has 2 aromatic carbocycles. The van der Waals surface area contributed by atoms with Crippen LogP contribution in [-0.4, -0.2) is 56.1 Å². The second kappa shape index (κ2) is 12.2. The first-order chi connectivity index (χ1) is 16.3. The largest absolute Gasteiger partial charge is 0.347 e. The minimum atomic E-state index is -3.31. The van der Waals surface area contributed by atoms with Crippen molar-refractivity contribution in [1.82, 2.24) is 10.2 Å². The van der Waals surface area contributed by atoms with Crippen LogP contribution in [0.15, 0.2) is 53.4 Å². The van der Waals surface area contributed by atoms with Crippen molar-refractivity contribution in [2.45, 2.75) is 51.0 Å². The first-order valence-corrected chi connectivity index (χ1v) is 13.8. The highest BCUT2D eigenvalue weighted by molar-refractivity contribution is 7.90. The number of non-ortho nitro benzene ring substituents is 1. The van der Waals surface area contributed by atoms with Crippen LogP contribution in [0.1, 0.15) is 49.5 Å². The predicted molar refractivity (Wildman–Crippen MR) is 143 cm³/mol. The molecule has 1 atom stereocenters. The van der Waals surface area contributed by atoms with Gasteiger partial charge in [-0.3, -0.25) is 14.9 Å². The number of nitrogens with one attached hydrogen (secondary N) is 1. The van der Waals surface area contributed by atoms with Crippen molar-refractivity contribution >= 4 is 33.8 Å². The Morgan fingerprint density at radius 2 is 1.64 bits per heavy atom. The quantitative estimate of drug-likeness (QED) is 0.391. The molecule has 1 saturated heterocycles. The Kier molecular flexibility index (Phi) is 10.0. The molecule has 8 nitrogen and oxygen atoms in total. The second-order valence-electron chi connectivity index (χ2n) is 10.6. The van der Waals surface area contributed by atoms with Gasteiger partial charge in [-0.15, -0.1) is 12.4 Å². The van der Waals surface area contributed by atoms with Crippen molar-refractivity contribution in [3.63, 3.8) is 0 Å². The number of benzene rings is 2. The zero-order valence-corrected chi connectivity index (χ0v) is 22.9. The molecule has 3 rings (SSSR count). The molecule has 0 aliphatic carbocycles. The van der Waals surface area contributed by atoms with E-state index in [1.807, 2.05) is 12.1 Å². The zero-order chi connectivity index (χ0) is 25.8. The number of piperidine rings is 1. The Hall–Kier alpha value is -2.49. The van der Waals surface area contributed by atoms with Gasteiger partial charge in [-0.05, 0) is 73.5 Å². The maximum absolute atomic E-state index is 12.9. The summed E-state index contributed by atoms with van der Waals surface area (Å²) in [4.78, 5) is 25.9. The monoisotopic (exact) mass is 537 g/mol. The summed E-state index contributed by atoms with van der Waals surface area (Å²) in [5.41, 5.74) is 1.52. The number of rotatable bonds is 8. The van der Waals surface area contributed by atoms with E-state index in [4.69, 9.17) is 0 Å². The average molecular weight is 538 g/mol. The molecule has 198 valence electrons. The number of nitro benzene ring substituents is 1. The molecule has 2 aromatic rings. The molecule has 1 amide bonds. The fourth-order valence-corrected chi connectivity index (χ4v) is 4.98. The standard InChI is InChI=1S/C26H35N3O5S.ClH/c1-26(2,3)24(27-25(30)21-7-11-23(12-8-21)35(4,33)34)18-28-15-13-20(14-16-28)17-19-5-9-22(10-6-19)29(31)32;/h5-12,20,24H,13-18H2,1-4H3,(H,27,30);1H. The molecule has 1 unspecified atom stereocenters. The van der Waals surface area contributed by atoms with Crippen molar-refractivity contribution in [1.29, 1.82) is 0 Å². The van der Waals surface area contributed by atoms with Crippen LogP contribution in [0, 0.1) is 21.4 Å². The lowest BCUT2D eigenvalue weighted by Gasteiger charge is -2.39. The van der Waals surface area contributed by atoms with Gasteiger partial charge in [-0.25, -0.2) is 8.42 Å². The van der Waals surface area contributed by atoms with Crippen LogP contribution < -0.4 is 5.32 Å². The van der Waals surface area contributed by atoms with Crippen molar-refractivity contribution in [2.75, 3.05) is 25.9 Å². The van der Waals surface area contributed by atoms with Crippen LogP contribution in [0.2, 0.25) is 0 Å².